The Morgan fingerprint density at radius 3 is 2.84 bits per heavy atom. The zero-order chi connectivity index (χ0) is 17.6. The van der Waals surface area contributed by atoms with E-state index in [4.69, 9.17) is 0 Å². The topological polar surface area (TPSA) is 64.0 Å². The van der Waals surface area contributed by atoms with Gasteiger partial charge in [0.15, 0.2) is 5.16 Å². The van der Waals surface area contributed by atoms with Crippen molar-refractivity contribution < 1.29 is 4.79 Å². The van der Waals surface area contributed by atoms with Crippen molar-refractivity contribution >= 4 is 28.6 Å². The standard InChI is InChI=1S/C19H25N3O2S/c1-2-3-4-7-12-22-18(24)15-8-5-6-9-16(15)21-19(22)25-13-17(23)20-14-10-11-14/h5-6,8-9,14H,2-4,7,10-13H2,1H3,(H,20,23). The number of nitrogens with one attached hydrogen (secondary N) is 1. The Bertz CT molecular complexity index is 799. The molecule has 1 aromatic carbocycles. The summed E-state index contributed by atoms with van der Waals surface area (Å²) in [6, 6.07) is 7.78. The first kappa shape index (κ1) is 18.0. The van der Waals surface area contributed by atoms with Crippen molar-refractivity contribution in [2.24, 2.45) is 0 Å². The molecule has 134 valence electrons. The number of hydrogen-bond donors (Lipinski definition) is 1. The van der Waals surface area contributed by atoms with Crippen LogP contribution in [0.2, 0.25) is 0 Å². The summed E-state index contributed by atoms with van der Waals surface area (Å²) in [7, 11) is 0. The van der Waals surface area contributed by atoms with Gasteiger partial charge in [-0.2, -0.15) is 0 Å². The zero-order valence-corrected chi connectivity index (χ0v) is 15.5. The molecule has 1 fully saturated rings. The van der Waals surface area contributed by atoms with E-state index in [-0.39, 0.29) is 11.5 Å². The molecule has 5 nitrogen and oxygen atoms in total. The van der Waals surface area contributed by atoms with Crippen LogP contribution in [0.3, 0.4) is 0 Å². The Kier molecular flexibility index (Phi) is 6.13. The molecule has 1 aliphatic rings. The number of fused-ring (bicyclic) bond motifs is 1. The minimum atomic E-state index is -0.00722. The first-order valence-corrected chi connectivity index (χ1v) is 10.1. The maximum atomic E-state index is 12.9. The van der Waals surface area contributed by atoms with E-state index in [9.17, 15) is 9.59 Å². The second-order valence-electron chi connectivity index (χ2n) is 6.56. The summed E-state index contributed by atoms with van der Waals surface area (Å²) in [5.74, 6) is 0.323. The average Bonchev–Trinajstić information content (AvgIpc) is 3.42. The molecule has 0 radical (unpaired) electrons. The highest BCUT2D eigenvalue weighted by atomic mass is 32.2. The van der Waals surface area contributed by atoms with Crippen LogP contribution in [-0.2, 0) is 11.3 Å². The summed E-state index contributed by atoms with van der Waals surface area (Å²) in [6.07, 6.45) is 6.53. The number of carbonyl (C=O) groups excluding carboxylic acids is 1. The molecule has 0 unspecified atom stereocenters. The van der Waals surface area contributed by atoms with E-state index in [1.165, 1.54) is 18.2 Å². The minimum absolute atomic E-state index is 0.00722. The number of carbonyl (C=O) groups is 1. The average molecular weight is 359 g/mol. The van der Waals surface area contributed by atoms with Crippen molar-refractivity contribution in [3.63, 3.8) is 0 Å². The number of unbranched alkanes of at least 4 members (excludes halogenated alkanes) is 3. The Balaban J connectivity index is 1.79. The number of rotatable bonds is 9. The van der Waals surface area contributed by atoms with Crippen molar-refractivity contribution in [2.75, 3.05) is 5.75 Å². The first-order chi connectivity index (χ1) is 12.2. The quantitative estimate of drug-likeness (QED) is 0.424. The third-order valence-corrected chi connectivity index (χ3v) is 5.31. The lowest BCUT2D eigenvalue weighted by Crippen LogP contribution is -2.28. The molecule has 2 aromatic rings. The van der Waals surface area contributed by atoms with Gasteiger partial charge in [0, 0.05) is 12.6 Å². The fourth-order valence-electron chi connectivity index (χ4n) is 2.78. The molecular formula is C19H25N3O2S. The molecule has 1 N–H and O–H groups in total. The minimum Gasteiger partial charge on any atom is -0.353 e. The number of benzene rings is 1. The van der Waals surface area contributed by atoms with E-state index in [2.05, 4.69) is 17.2 Å². The molecule has 0 saturated heterocycles. The van der Waals surface area contributed by atoms with Gasteiger partial charge in [0.2, 0.25) is 5.91 Å². The molecule has 1 aliphatic carbocycles. The molecule has 1 saturated carbocycles. The highest BCUT2D eigenvalue weighted by Gasteiger charge is 2.23. The monoisotopic (exact) mass is 359 g/mol. The van der Waals surface area contributed by atoms with Crippen LogP contribution >= 0.6 is 11.8 Å². The van der Waals surface area contributed by atoms with Crippen LogP contribution in [-0.4, -0.2) is 27.3 Å². The van der Waals surface area contributed by atoms with Crippen LogP contribution in [0.1, 0.15) is 45.4 Å². The maximum absolute atomic E-state index is 12.9. The lowest BCUT2D eigenvalue weighted by Gasteiger charge is -2.13. The van der Waals surface area contributed by atoms with Gasteiger partial charge in [-0.3, -0.25) is 14.2 Å². The second-order valence-corrected chi connectivity index (χ2v) is 7.50. The van der Waals surface area contributed by atoms with E-state index in [1.54, 1.807) is 4.57 Å². The van der Waals surface area contributed by atoms with E-state index in [0.29, 0.717) is 34.4 Å². The lowest BCUT2D eigenvalue weighted by molar-refractivity contribution is -0.118. The van der Waals surface area contributed by atoms with Crippen LogP contribution in [0.15, 0.2) is 34.2 Å². The number of amides is 1. The van der Waals surface area contributed by atoms with Crippen molar-refractivity contribution in [1.82, 2.24) is 14.9 Å². The van der Waals surface area contributed by atoms with Gasteiger partial charge in [-0.25, -0.2) is 4.98 Å². The summed E-state index contributed by atoms with van der Waals surface area (Å²) < 4.78 is 1.74. The summed E-state index contributed by atoms with van der Waals surface area (Å²) in [5, 5.41) is 4.27. The van der Waals surface area contributed by atoms with Crippen LogP contribution in [0.4, 0.5) is 0 Å². The van der Waals surface area contributed by atoms with Crippen molar-refractivity contribution in [1.29, 1.82) is 0 Å². The Hall–Kier alpha value is -1.82. The van der Waals surface area contributed by atoms with Gasteiger partial charge in [0.05, 0.1) is 16.7 Å². The summed E-state index contributed by atoms with van der Waals surface area (Å²) in [6.45, 7) is 2.83. The molecule has 25 heavy (non-hydrogen) atoms. The highest BCUT2D eigenvalue weighted by molar-refractivity contribution is 7.99. The molecular weight excluding hydrogens is 334 g/mol. The molecule has 0 aliphatic heterocycles. The van der Waals surface area contributed by atoms with E-state index in [1.807, 2.05) is 24.3 Å². The van der Waals surface area contributed by atoms with Crippen molar-refractivity contribution in [3.8, 4) is 0 Å². The van der Waals surface area contributed by atoms with Gasteiger partial charge >= 0.3 is 0 Å². The van der Waals surface area contributed by atoms with Gasteiger partial charge in [0.25, 0.3) is 5.56 Å². The third kappa shape index (κ3) is 4.84. The van der Waals surface area contributed by atoms with Gasteiger partial charge in [0.1, 0.15) is 0 Å². The zero-order valence-electron chi connectivity index (χ0n) is 14.7. The molecule has 3 rings (SSSR count). The Morgan fingerprint density at radius 1 is 1.28 bits per heavy atom. The molecule has 1 heterocycles. The van der Waals surface area contributed by atoms with E-state index in [0.717, 1.165) is 32.1 Å². The maximum Gasteiger partial charge on any atom is 0.262 e. The smallest absolute Gasteiger partial charge is 0.262 e. The highest BCUT2D eigenvalue weighted by Crippen LogP contribution is 2.21. The summed E-state index contributed by atoms with van der Waals surface area (Å²) in [4.78, 5) is 29.5. The summed E-state index contributed by atoms with van der Waals surface area (Å²) in [5.41, 5.74) is 0.689. The normalized spacial score (nSPS) is 14.0. The van der Waals surface area contributed by atoms with Gasteiger partial charge in [-0.1, -0.05) is 50.1 Å². The molecule has 6 heteroatoms. The number of para-hydroxylation sites is 1. The van der Waals surface area contributed by atoms with E-state index >= 15 is 0 Å². The van der Waals surface area contributed by atoms with Gasteiger partial charge < -0.3 is 5.32 Å². The predicted octanol–water partition coefficient (Wildman–Crippen LogP) is 3.35. The lowest BCUT2D eigenvalue weighted by atomic mass is 10.2. The molecule has 1 amide bonds. The van der Waals surface area contributed by atoms with E-state index < -0.39 is 0 Å². The Morgan fingerprint density at radius 2 is 2.08 bits per heavy atom. The van der Waals surface area contributed by atoms with Crippen LogP contribution in [0.5, 0.6) is 0 Å². The predicted molar refractivity (Wildman–Crippen MR) is 102 cm³/mol. The molecule has 0 atom stereocenters. The van der Waals surface area contributed by atoms with Crippen LogP contribution in [0, 0.1) is 0 Å². The molecule has 0 bridgehead atoms. The Labute approximate surface area is 152 Å². The number of aromatic nitrogens is 2. The fraction of sp³-hybridized carbons (Fsp3) is 0.526. The first-order valence-electron chi connectivity index (χ1n) is 9.10. The third-order valence-electron chi connectivity index (χ3n) is 4.34. The largest absolute Gasteiger partial charge is 0.353 e. The molecule has 1 aromatic heterocycles. The number of nitrogens with zero attached hydrogens (tertiary/aromatic N) is 2. The van der Waals surface area contributed by atoms with Gasteiger partial charge in [-0.15, -0.1) is 0 Å². The van der Waals surface area contributed by atoms with Crippen molar-refractivity contribution in [3.05, 3.63) is 34.6 Å². The van der Waals surface area contributed by atoms with Crippen LogP contribution in [0.25, 0.3) is 10.9 Å². The van der Waals surface area contributed by atoms with Crippen molar-refractivity contribution in [2.45, 2.75) is 63.2 Å². The van der Waals surface area contributed by atoms with Crippen LogP contribution < -0.4 is 10.9 Å². The SMILES string of the molecule is CCCCCCn1c(SCC(=O)NC2CC2)nc2ccccc2c1=O. The van der Waals surface area contributed by atoms with Gasteiger partial charge in [-0.05, 0) is 31.4 Å². The second kappa shape index (κ2) is 8.52. The summed E-state index contributed by atoms with van der Waals surface area (Å²) >= 11 is 1.36. The number of hydrogen-bond acceptors (Lipinski definition) is 4. The fourth-order valence-corrected chi connectivity index (χ4v) is 3.62. The number of thioether (sulfide) groups is 1. The molecule has 0 spiro atoms.